The predicted octanol–water partition coefficient (Wildman–Crippen LogP) is 2.63. The van der Waals surface area contributed by atoms with E-state index in [4.69, 9.17) is 0 Å². The summed E-state index contributed by atoms with van der Waals surface area (Å²) in [6.45, 7) is 1.32. The molecule has 0 radical (unpaired) electrons. The lowest BCUT2D eigenvalue weighted by molar-refractivity contribution is 0.0784. The molecule has 0 fully saturated rings. The molecule has 0 spiro atoms. The van der Waals surface area contributed by atoms with Crippen molar-refractivity contribution in [1.29, 1.82) is 0 Å². The summed E-state index contributed by atoms with van der Waals surface area (Å²) >= 11 is 0. The number of fused-ring (bicyclic) bond motifs is 1. The van der Waals surface area contributed by atoms with E-state index in [1.54, 1.807) is 24.1 Å². The van der Waals surface area contributed by atoms with E-state index in [1.165, 1.54) is 5.56 Å². The maximum absolute atomic E-state index is 12.5. The summed E-state index contributed by atoms with van der Waals surface area (Å²) in [4.78, 5) is 14.1. The van der Waals surface area contributed by atoms with Gasteiger partial charge in [0, 0.05) is 37.0 Å². The van der Waals surface area contributed by atoms with Crippen LogP contribution in [-0.2, 0) is 13.0 Å². The minimum absolute atomic E-state index is 0.0465. The fraction of sp³-hybridized carbons (Fsp3) is 0.235. The Morgan fingerprint density at radius 3 is 2.90 bits per heavy atom. The minimum Gasteiger partial charge on any atom is -0.508 e. The lowest BCUT2D eigenvalue weighted by atomic mass is 10.1. The summed E-state index contributed by atoms with van der Waals surface area (Å²) in [5, 5.41) is 13.1. The summed E-state index contributed by atoms with van der Waals surface area (Å²) in [6.07, 6.45) is 1.01. The normalized spacial score (nSPS) is 12.6. The van der Waals surface area contributed by atoms with Crippen LogP contribution in [0.4, 0.5) is 5.69 Å². The number of aromatic hydroxyl groups is 1. The lowest BCUT2D eigenvalue weighted by Crippen LogP contribution is -2.26. The number of hydrogen-bond acceptors (Lipinski definition) is 3. The average molecular weight is 282 g/mol. The molecule has 3 rings (SSSR count). The van der Waals surface area contributed by atoms with Crippen LogP contribution in [0.1, 0.15) is 21.5 Å². The zero-order valence-corrected chi connectivity index (χ0v) is 12.0. The third kappa shape index (κ3) is 2.70. The van der Waals surface area contributed by atoms with Gasteiger partial charge in [-0.05, 0) is 30.2 Å². The number of phenols is 1. The van der Waals surface area contributed by atoms with Crippen LogP contribution in [0.2, 0.25) is 0 Å². The number of nitrogens with zero attached hydrogens (tertiary/aromatic N) is 1. The van der Waals surface area contributed by atoms with Crippen molar-refractivity contribution >= 4 is 11.6 Å². The van der Waals surface area contributed by atoms with Gasteiger partial charge in [-0.15, -0.1) is 0 Å². The molecule has 4 nitrogen and oxygen atoms in total. The van der Waals surface area contributed by atoms with E-state index >= 15 is 0 Å². The molecular weight excluding hydrogens is 264 g/mol. The molecule has 0 saturated heterocycles. The summed E-state index contributed by atoms with van der Waals surface area (Å²) in [5.41, 5.74) is 3.72. The van der Waals surface area contributed by atoms with E-state index in [1.807, 2.05) is 30.3 Å². The number of rotatable bonds is 3. The van der Waals surface area contributed by atoms with Gasteiger partial charge < -0.3 is 15.3 Å². The van der Waals surface area contributed by atoms with Crippen molar-refractivity contribution in [1.82, 2.24) is 4.90 Å². The molecule has 1 amide bonds. The maximum Gasteiger partial charge on any atom is 0.253 e. The van der Waals surface area contributed by atoms with Gasteiger partial charge in [-0.1, -0.05) is 24.3 Å². The Balaban J connectivity index is 1.77. The van der Waals surface area contributed by atoms with Crippen molar-refractivity contribution in [2.75, 3.05) is 18.9 Å². The molecule has 0 aromatic heterocycles. The van der Waals surface area contributed by atoms with Crippen LogP contribution in [0.15, 0.2) is 42.5 Å². The van der Waals surface area contributed by atoms with Gasteiger partial charge in [0.25, 0.3) is 5.91 Å². The molecule has 2 N–H and O–H groups in total. The fourth-order valence-electron chi connectivity index (χ4n) is 2.62. The monoisotopic (exact) mass is 282 g/mol. The topological polar surface area (TPSA) is 52.6 Å². The molecule has 2 aromatic carbocycles. The minimum atomic E-state index is -0.0465. The number of phenolic OH excluding ortho intramolecular Hbond substituents is 1. The molecule has 4 heteroatoms. The highest BCUT2D eigenvalue weighted by atomic mass is 16.3. The standard InChI is InChI=1S/C17H18N2O2/c1-19(11-14-4-2-3-5-16(14)20)17(21)13-7-6-12-8-9-18-15(12)10-13/h2-7,10,18,20H,8-9,11H2,1H3. The number of hydrogen-bond donors (Lipinski definition) is 2. The number of anilines is 1. The van der Waals surface area contributed by atoms with Crippen LogP contribution in [0, 0.1) is 0 Å². The van der Waals surface area contributed by atoms with Crippen LogP contribution < -0.4 is 5.32 Å². The number of nitrogens with one attached hydrogen (secondary N) is 1. The molecule has 108 valence electrons. The molecule has 0 bridgehead atoms. The van der Waals surface area contributed by atoms with E-state index in [2.05, 4.69) is 5.32 Å². The second-order valence-electron chi connectivity index (χ2n) is 5.34. The van der Waals surface area contributed by atoms with Crippen molar-refractivity contribution in [3.05, 3.63) is 59.2 Å². The van der Waals surface area contributed by atoms with E-state index < -0.39 is 0 Å². The van der Waals surface area contributed by atoms with Gasteiger partial charge in [0.2, 0.25) is 0 Å². The van der Waals surface area contributed by atoms with Crippen LogP contribution >= 0.6 is 0 Å². The van der Waals surface area contributed by atoms with Crippen LogP contribution in [-0.4, -0.2) is 29.5 Å². The highest BCUT2D eigenvalue weighted by molar-refractivity contribution is 5.95. The first-order valence-electron chi connectivity index (χ1n) is 7.04. The van der Waals surface area contributed by atoms with E-state index in [0.717, 1.165) is 24.2 Å². The molecule has 1 heterocycles. The fourth-order valence-corrected chi connectivity index (χ4v) is 2.62. The van der Waals surface area contributed by atoms with Gasteiger partial charge in [-0.25, -0.2) is 0 Å². The van der Waals surface area contributed by atoms with Crippen molar-refractivity contribution in [2.24, 2.45) is 0 Å². The first-order valence-corrected chi connectivity index (χ1v) is 7.04. The van der Waals surface area contributed by atoms with Gasteiger partial charge in [-0.3, -0.25) is 4.79 Å². The summed E-state index contributed by atoms with van der Waals surface area (Å²) in [6, 6.07) is 12.9. The molecule has 2 aromatic rings. The summed E-state index contributed by atoms with van der Waals surface area (Å²) in [5.74, 6) is 0.169. The van der Waals surface area contributed by atoms with E-state index in [9.17, 15) is 9.90 Å². The molecule has 0 atom stereocenters. The van der Waals surface area contributed by atoms with E-state index in [0.29, 0.717) is 12.1 Å². The van der Waals surface area contributed by atoms with Crippen LogP contribution in [0.3, 0.4) is 0 Å². The second kappa shape index (κ2) is 5.48. The Bertz CT molecular complexity index is 682. The molecule has 21 heavy (non-hydrogen) atoms. The first kappa shape index (κ1) is 13.5. The molecular formula is C17H18N2O2. The third-order valence-corrected chi connectivity index (χ3v) is 3.81. The Kier molecular flexibility index (Phi) is 3.52. The van der Waals surface area contributed by atoms with Gasteiger partial charge in [0.05, 0.1) is 0 Å². The number of para-hydroxylation sites is 1. The highest BCUT2D eigenvalue weighted by Crippen LogP contribution is 2.24. The molecule has 1 aliphatic heterocycles. The SMILES string of the molecule is CN(Cc1ccccc1O)C(=O)c1ccc2c(c1)NCC2. The third-order valence-electron chi connectivity index (χ3n) is 3.81. The average Bonchev–Trinajstić information content (AvgIpc) is 2.96. The quantitative estimate of drug-likeness (QED) is 0.910. The second-order valence-corrected chi connectivity index (χ2v) is 5.34. The number of benzene rings is 2. The van der Waals surface area contributed by atoms with Crippen LogP contribution in [0.25, 0.3) is 0 Å². The van der Waals surface area contributed by atoms with Crippen molar-refractivity contribution in [3.8, 4) is 5.75 Å². The van der Waals surface area contributed by atoms with Gasteiger partial charge in [0.15, 0.2) is 0 Å². The number of carbonyl (C=O) groups excluding carboxylic acids is 1. The Morgan fingerprint density at radius 1 is 1.29 bits per heavy atom. The number of carbonyl (C=O) groups is 1. The van der Waals surface area contributed by atoms with Gasteiger partial charge in [0.1, 0.15) is 5.75 Å². The zero-order chi connectivity index (χ0) is 14.8. The molecule has 0 unspecified atom stereocenters. The molecule has 0 saturated carbocycles. The smallest absolute Gasteiger partial charge is 0.253 e. The Hall–Kier alpha value is -2.49. The Morgan fingerprint density at radius 2 is 2.10 bits per heavy atom. The van der Waals surface area contributed by atoms with Crippen molar-refractivity contribution in [2.45, 2.75) is 13.0 Å². The van der Waals surface area contributed by atoms with Crippen molar-refractivity contribution < 1.29 is 9.90 Å². The predicted molar refractivity (Wildman–Crippen MR) is 82.5 cm³/mol. The summed E-state index contributed by atoms with van der Waals surface area (Å²) < 4.78 is 0. The largest absolute Gasteiger partial charge is 0.508 e. The van der Waals surface area contributed by atoms with E-state index in [-0.39, 0.29) is 11.7 Å². The lowest BCUT2D eigenvalue weighted by Gasteiger charge is -2.18. The highest BCUT2D eigenvalue weighted by Gasteiger charge is 2.17. The van der Waals surface area contributed by atoms with Gasteiger partial charge in [-0.2, -0.15) is 0 Å². The van der Waals surface area contributed by atoms with Gasteiger partial charge >= 0.3 is 0 Å². The first-order chi connectivity index (χ1) is 10.1. The Labute approximate surface area is 124 Å². The van der Waals surface area contributed by atoms with Crippen molar-refractivity contribution in [3.63, 3.8) is 0 Å². The zero-order valence-electron chi connectivity index (χ0n) is 12.0. The maximum atomic E-state index is 12.5. The number of amides is 1. The molecule has 1 aliphatic rings. The summed E-state index contributed by atoms with van der Waals surface area (Å²) in [7, 11) is 1.75. The van der Waals surface area contributed by atoms with Crippen LogP contribution in [0.5, 0.6) is 5.75 Å². The molecule has 0 aliphatic carbocycles.